The molecule has 1 aromatic rings. The van der Waals surface area contributed by atoms with Crippen molar-refractivity contribution >= 4 is 21.7 Å². The molecule has 0 aliphatic carbocycles. The summed E-state index contributed by atoms with van der Waals surface area (Å²) in [5.74, 6) is 6.74. The number of nitrogen functional groups attached to an aromatic ring is 1. The van der Waals surface area contributed by atoms with E-state index in [1.54, 1.807) is 6.07 Å². The monoisotopic (exact) mass is 290 g/mol. The molecule has 10 heteroatoms. The van der Waals surface area contributed by atoms with Gasteiger partial charge >= 0.3 is 0 Å². The molecule has 0 aromatic carbocycles. The number of hydrogen-bond acceptors (Lipinski definition) is 8. The molecular weight excluding hydrogens is 272 g/mol. The fraction of sp³-hybridized carbons (Fsp3) is 0.556. The first kappa shape index (κ1) is 15.6. The van der Waals surface area contributed by atoms with Gasteiger partial charge in [0.15, 0.2) is 5.82 Å². The third kappa shape index (κ3) is 6.29. The van der Waals surface area contributed by atoms with Crippen LogP contribution in [0.2, 0.25) is 0 Å². The first-order chi connectivity index (χ1) is 8.94. The van der Waals surface area contributed by atoms with Crippen molar-refractivity contribution in [1.82, 2.24) is 14.7 Å². The van der Waals surface area contributed by atoms with Crippen LogP contribution in [-0.4, -0.2) is 44.8 Å². The molecule has 0 spiro atoms. The Morgan fingerprint density at radius 1 is 1.32 bits per heavy atom. The van der Waals surface area contributed by atoms with Crippen molar-refractivity contribution in [2.24, 2.45) is 5.84 Å². The number of aromatic nitrogens is 2. The van der Waals surface area contributed by atoms with Crippen molar-refractivity contribution in [3.05, 3.63) is 11.9 Å². The lowest BCUT2D eigenvalue weighted by Crippen LogP contribution is -2.28. The lowest BCUT2D eigenvalue weighted by atomic mass is 10.4. The average Bonchev–Trinajstić information content (AvgIpc) is 2.34. The van der Waals surface area contributed by atoms with Gasteiger partial charge < -0.3 is 15.5 Å². The Balaban J connectivity index is 2.59. The Labute approximate surface area is 112 Å². The summed E-state index contributed by atoms with van der Waals surface area (Å²) in [7, 11) is -1.65. The highest BCUT2D eigenvalue weighted by atomic mass is 32.2. The fourth-order valence-corrected chi connectivity index (χ4v) is 1.76. The third-order valence-corrected chi connectivity index (χ3v) is 2.72. The molecule has 0 saturated heterocycles. The minimum Gasteiger partial charge on any atom is -0.377 e. The van der Waals surface area contributed by atoms with Gasteiger partial charge in [0.25, 0.3) is 0 Å². The zero-order chi connectivity index (χ0) is 14.3. The van der Waals surface area contributed by atoms with Crippen LogP contribution in [0.3, 0.4) is 0 Å². The molecule has 1 heterocycles. The van der Waals surface area contributed by atoms with Crippen molar-refractivity contribution in [3.63, 3.8) is 0 Å². The number of sulfonamides is 1. The number of rotatable bonds is 8. The molecule has 19 heavy (non-hydrogen) atoms. The maximum Gasteiger partial charge on any atom is 0.208 e. The Bertz CT molecular complexity index is 507. The smallest absolute Gasteiger partial charge is 0.208 e. The third-order valence-electron chi connectivity index (χ3n) is 1.99. The van der Waals surface area contributed by atoms with E-state index >= 15 is 0 Å². The SMILES string of the molecule is COCc1nc(NN)cc(NCCNS(C)(=O)=O)n1. The molecule has 9 nitrogen and oxygen atoms in total. The summed E-state index contributed by atoms with van der Waals surface area (Å²) in [6.07, 6.45) is 1.10. The van der Waals surface area contributed by atoms with Crippen LogP contribution < -0.4 is 21.3 Å². The molecule has 0 aliphatic heterocycles. The number of hydrogen-bond donors (Lipinski definition) is 4. The van der Waals surface area contributed by atoms with E-state index in [0.29, 0.717) is 24.0 Å². The van der Waals surface area contributed by atoms with E-state index in [-0.39, 0.29) is 13.2 Å². The summed E-state index contributed by atoms with van der Waals surface area (Å²) >= 11 is 0. The maximum atomic E-state index is 10.9. The zero-order valence-electron chi connectivity index (χ0n) is 10.8. The molecule has 0 aliphatic rings. The van der Waals surface area contributed by atoms with Gasteiger partial charge in [0, 0.05) is 26.3 Å². The quantitative estimate of drug-likeness (QED) is 0.269. The van der Waals surface area contributed by atoms with Gasteiger partial charge in [-0.2, -0.15) is 0 Å². The molecular formula is C9H18N6O3S. The number of nitrogens with one attached hydrogen (secondary N) is 3. The fourth-order valence-electron chi connectivity index (χ4n) is 1.28. The average molecular weight is 290 g/mol. The number of hydrazine groups is 1. The molecule has 0 atom stereocenters. The van der Waals surface area contributed by atoms with Gasteiger partial charge in [0.1, 0.15) is 18.2 Å². The Hall–Kier alpha value is -1.49. The summed E-state index contributed by atoms with van der Waals surface area (Å²) in [6.45, 7) is 0.903. The van der Waals surface area contributed by atoms with Crippen LogP contribution in [0, 0.1) is 0 Å². The van der Waals surface area contributed by atoms with Crippen LogP contribution in [0.15, 0.2) is 6.07 Å². The van der Waals surface area contributed by atoms with Crippen molar-refractivity contribution in [3.8, 4) is 0 Å². The highest BCUT2D eigenvalue weighted by Gasteiger charge is 2.04. The molecule has 0 fully saturated rings. The molecule has 1 rings (SSSR count). The van der Waals surface area contributed by atoms with Gasteiger partial charge in [-0.25, -0.2) is 29.0 Å². The van der Waals surface area contributed by atoms with Crippen molar-refractivity contribution < 1.29 is 13.2 Å². The largest absolute Gasteiger partial charge is 0.377 e. The second-order valence-corrected chi connectivity index (χ2v) is 5.56. The first-order valence-electron chi connectivity index (χ1n) is 5.46. The summed E-state index contributed by atoms with van der Waals surface area (Å²) in [4.78, 5) is 8.27. The molecule has 0 saturated carbocycles. The van der Waals surface area contributed by atoms with Crippen molar-refractivity contribution in [2.45, 2.75) is 6.61 Å². The van der Waals surface area contributed by atoms with E-state index < -0.39 is 10.0 Å². The highest BCUT2D eigenvalue weighted by molar-refractivity contribution is 7.88. The van der Waals surface area contributed by atoms with Gasteiger partial charge in [-0.1, -0.05) is 0 Å². The standard InChI is InChI=1S/C9H18N6O3S/c1-18-6-9-13-7(5-8(14-9)15-10)11-3-4-12-19(2,16)17/h5,12H,3-4,6,10H2,1-2H3,(H2,11,13,14,15). The summed E-state index contributed by atoms with van der Waals surface area (Å²) in [5, 5.41) is 2.96. The van der Waals surface area contributed by atoms with Crippen LogP contribution in [0.5, 0.6) is 0 Å². The lowest BCUT2D eigenvalue weighted by molar-refractivity contribution is 0.178. The highest BCUT2D eigenvalue weighted by Crippen LogP contribution is 2.10. The van der Waals surface area contributed by atoms with E-state index in [0.717, 1.165) is 6.26 Å². The van der Waals surface area contributed by atoms with Crippen molar-refractivity contribution in [2.75, 3.05) is 37.2 Å². The molecule has 5 N–H and O–H groups in total. The zero-order valence-corrected chi connectivity index (χ0v) is 11.6. The second-order valence-electron chi connectivity index (χ2n) is 3.73. The molecule has 0 bridgehead atoms. The van der Waals surface area contributed by atoms with Crippen LogP contribution in [0.25, 0.3) is 0 Å². The number of methoxy groups -OCH3 is 1. The van der Waals surface area contributed by atoms with Gasteiger partial charge in [-0.05, 0) is 0 Å². The van der Waals surface area contributed by atoms with Crippen LogP contribution in [0.4, 0.5) is 11.6 Å². The predicted octanol–water partition coefficient (Wildman–Crippen LogP) is -1.13. The van der Waals surface area contributed by atoms with Gasteiger partial charge in [-0.3, -0.25) is 0 Å². The van der Waals surface area contributed by atoms with Gasteiger partial charge in [0.2, 0.25) is 10.0 Å². The van der Waals surface area contributed by atoms with Gasteiger partial charge in [0.05, 0.1) is 6.26 Å². The van der Waals surface area contributed by atoms with E-state index in [2.05, 4.69) is 25.4 Å². The molecule has 108 valence electrons. The molecule has 0 radical (unpaired) electrons. The summed E-state index contributed by atoms with van der Waals surface area (Å²) in [5.41, 5.74) is 2.42. The number of anilines is 2. The minimum absolute atomic E-state index is 0.256. The first-order valence-corrected chi connectivity index (χ1v) is 7.36. The van der Waals surface area contributed by atoms with Crippen LogP contribution >= 0.6 is 0 Å². The molecule has 0 unspecified atom stereocenters. The van der Waals surface area contributed by atoms with E-state index in [1.165, 1.54) is 7.11 Å². The Morgan fingerprint density at radius 2 is 2.00 bits per heavy atom. The number of nitrogens with two attached hydrogens (primary N) is 1. The van der Waals surface area contributed by atoms with Crippen LogP contribution in [-0.2, 0) is 21.4 Å². The molecule has 1 aromatic heterocycles. The minimum atomic E-state index is -3.18. The summed E-state index contributed by atoms with van der Waals surface area (Å²) < 4.78 is 29.1. The predicted molar refractivity (Wildman–Crippen MR) is 71.9 cm³/mol. The summed E-state index contributed by atoms with van der Waals surface area (Å²) in [6, 6.07) is 1.61. The Kier molecular flexibility index (Phi) is 5.89. The maximum absolute atomic E-state index is 10.9. The second kappa shape index (κ2) is 7.19. The van der Waals surface area contributed by atoms with E-state index in [9.17, 15) is 8.42 Å². The van der Waals surface area contributed by atoms with Crippen molar-refractivity contribution in [1.29, 1.82) is 0 Å². The Morgan fingerprint density at radius 3 is 2.58 bits per heavy atom. The number of nitrogens with zero attached hydrogens (tertiary/aromatic N) is 2. The number of ether oxygens (including phenoxy) is 1. The molecule has 0 amide bonds. The topological polar surface area (TPSA) is 131 Å². The lowest BCUT2D eigenvalue weighted by Gasteiger charge is -2.09. The van der Waals surface area contributed by atoms with E-state index in [1.807, 2.05) is 0 Å². The van der Waals surface area contributed by atoms with Gasteiger partial charge in [-0.15, -0.1) is 0 Å². The van der Waals surface area contributed by atoms with Crippen LogP contribution in [0.1, 0.15) is 5.82 Å². The normalized spacial score (nSPS) is 11.3. The van der Waals surface area contributed by atoms with E-state index in [4.69, 9.17) is 10.6 Å².